The van der Waals surface area contributed by atoms with Crippen molar-refractivity contribution in [3.63, 3.8) is 0 Å². The summed E-state index contributed by atoms with van der Waals surface area (Å²) in [6.45, 7) is 7.15. The number of allylic oxidation sites excluding steroid dienone is 2. The summed E-state index contributed by atoms with van der Waals surface area (Å²) in [5.41, 5.74) is 0.169. The first-order valence-corrected chi connectivity index (χ1v) is 3.76. The minimum Gasteiger partial charge on any atom is -0.329 e. The molecule has 0 aliphatic rings. The van der Waals surface area contributed by atoms with Crippen LogP contribution < -0.4 is 5.32 Å². The number of hydrogen-bond donors (Lipinski definition) is 1. The lowest BCUT2D eigenvalue weighted by molar-refractivity contribution is -0.127. The Morgan fingerprint density at radius 3 is 2.33 bits per heavy atom. The van der Waals surface area contributed by atoms with Gasteiger partial charge in [-0.1, -0.05) is 20.8 Å². The monoisotopic (exact) mass is 166 g/mol. The Kier molecular flexibility index (Phi) is 3.49. The van der Waals surface area contributed by atoms with Crippen LogP contribution in [0.1, 0.15) is 27.7 Å². The van der Waals surface area contributed by atoms with Crippen molar-refractivity contribution in [1.29, 1.82) is 5.26 Å². The second-order valence-electron chi connectivity index (χ2n) is 3.66. The maximum Gasteiger partial charge on any atom is 0.229 e. The molecular weight excluding hydrogens is 152 g/mol. The summed E-state index contributed by atoms with van der Waals surface area (Å²) in [5.74, 6) is -0.0773. The third-order valence-corrected chi connectivity index (χ3v) is 1.27. The van der Waals surface area contributed by atoms with Crippen LogP contribution in [-0.4, -0.2) is 5.91 Å². The fourth-order valence-corrected chi connectivity index (χ4v) is 0.499. The summed E-state index contributed by atoms with van der Waals surface area (Å²) in [6, 6.07) is 1.85. The molecule has 1 amide bonds. The van der Waals surface area contributed by atoms with Crippen LogP contribution in [0.5, 0.6) is 0 Å². The molecule has 3 heteroatoms. The Morgan fingerprint density at radius 2 is 2.00 bits per heavy atom. The molecule has 12 heavy (non-hydrogen) atoms. The average Bonchev–Trinajstić information content (AvgIpc) is 1.85. The molecule has 0 radical (unpaired) electrons. The van der Waals surface area contributed by atoms with Crippen molar-refractivity contribution in [2.75, 3.05) is 0 Å². The van der Waals surface area contributed by atoms with Crippen LogP contribution >= 0.6 is 0 Å². The van der Waals surface area contributed by atoms with Crippen molar-refractivity contribution >= 4 is 5.91 Å². The largest absolute Gasteiger partial charge is 0.329 e. The van der Waals surface area contributed by atoms with Gasteiger partial charge in [0, 0.05) is 17.2 Å². The van der Waals surface area contributed by atoms with Gasteiger partial charge in [-0.25, -0.2) is 0 Å². The van der Waals surface area contributed by atoms with Crippen LogP contribution in [0.3, 0.4) is 0 Å². The molecule has 0 aromatic rings. The molecule has 66 valence electrons. The van der Waals surface area contributed by atoms with Gasteiger partial charge >= 0.3 is 0 Å². The molecule has 0 aromatic carbocycles. The first-order valence-electron chi connectivity index (χ1n) is 3.76. The molecule has 0 aliphatic heterocycles. The van der Waals surface area contributed by atoms with E-state index in [2.05, 4.69) is 5.32 Å². The third kappa shape index (κ3) is 3.77. The SMILES string of the molecule is C/C(=C/C#N)NC(=O)C(C)(C)C. The number of carbonyl (C=O) groups is 1. The maximum absolute atomic E-state index is 11.3. The highest BCUT2D eigenvalue weighted by Crippen LogP contribution is 2.12. The number of carbonyl (C=O) groups excluding carboxylic acids is 1. The van der Waals surface area contributed by atoms with Gasteiger partial charge < -0.3 is 5.32 Å². The van der Waals surface area contributed by atoms with E-state index < -0.39 is 5.41 Å². The number of nitriles is 1. The Bertz CT molecular complexity index is 240. The van der Waals surface area contributed by atoms with Crippen LogP contribution in [-0.2, 0) is 4.79 Å². The molecule has 1 N–H and O–H groups in total. The van der Waals surface area contributed by atoms with Gasteiger partial charge in [0.25, 0.3) is 0 Å². The van der Waals surface area contributed by atoms with Crippen molar-refractivity contribution in [1.82, 2.24) is 5.32 Å². The van der Waals surface area contributed by atoms with E-state index in [1.165, 1.54) is 6.08 Å². The Balaban J connectivity index is 4.23. The van der Waals surface area contributed by atoms with E-state index in [1.807, 2.05) is 26.8 Å². The van der Waals surface area contributed by atoms with E-state index in [9.17, 15) is 4.79 Å². The van der Waals surface area contributed by atoms with Gasteiger partial charge in [-0.05, 0) is 6.92 Å². The highest BCUT2D eigenvalue weighted by Gasteiger charge is 2.20. The van der Waals surface area contributed by atoms with Gasteiger partial charge in [-0.15, -0.1) is 0 Å². The molecule has 0 aromatic heterocycles. The molecule has 3 nitrogen and oxygen atoms in total. The van der Waals surface area contributed by atoms with Crippen LogP contribution in [0.4, 0.5) is 0 Å². The van der Waals surface area contributed by atoms with Gasteiger partial charge in [0.1, 0.15) is 0 Å². The molecule has 0 rings (SSSR count). The predicted molar refractivity (Wildman–Crippen MR) is 47.0 cm³/mol. The lowest BCUT2D eigenvalue weighted by Crippen LogP contribution is -2.33. The van der Waals surface area contributed by atoms with E-state index in [1.54, 1.807) is 6.92 Å². The predicted octanol–water partition coefficient (Wildman–Crippen LogP) is 1.58. The molecule has 0 spiro atoms. The average molecular weight is 166 g/mol. The second-order valence-corrected chi connectivity index (χ2v) is 3.66. The minimum absolute atomic E-state index is 0.0773. The summed E-state index contributed by atoms with van der Waals surface area (Å²) >= 11 is 0. The van der Waals surface area contributed by atoms with Crippen molar-refractivity contribution < 1.29 is 4.79 Å². The highest BCUT2D eigenvalue weighted by molar-refractivity contribution is 5.82. The topological polar surface area (TPSA) is 52.9 Å². The molecule has 0 unspecified atom stereocenters. The minimum atomic E-state index is -0.412. The number of hydrogen-bond acceptors (Lipinski definition) is 2. The fourth-order valence-electron chi connectivity index (χ4n) is 0.499. The van der Waals surface area contributed by atoms with Crippen molar-refractivity contribution in [2.45, 2.75) is 27.7 Å². The molecule has 0 bridgehead atoms. The Hall–Kier alpha value is -1.30. The maximum atomic E-state index is 11.3. The smallest absolute Gasteiger partial charge is 0.229 e. The molecule has 0 saturated heterocycles. The van der Waals surface area contributed by atoms with Gasteiger partial charge in [-0.3, -0.25) is 4.79 Å². The zero-order valence-corrected chi connectivity index (χ0v) is 7.93. The van der Waals surface area contributed by atoms with Crippen LogP contribution in [0.2, 0.25) is 0 Å². The van der Waals surface area contributed by atoms with E-state index in [-0.39, 0.29) is 5.91 Å². The first kappa shape index (κ1) is 10.7. The lowest BCUT2D eigenvalue weighted by Gasteiger charge is -2.17. The van der Waals surface area contributed by atoms with Gasteiger partial charge in [0.2, 0.25) is 5.91 Å². The van der Waals surface area contributed by atoms with Gasteiger partial charge in [0.05, 0.1) is 6.07 Å². The summed E-state index contributed by atoms with van der Waals surface area (Å²) in [7, 11) is 0. The summed E-state index contributed by atoms with van der Waals surface area (Å²) in [6.07, 6.45) is 1.31. The van der Waals surface area contributed by atoms with Crippen molar-refractivity contribution in [2.24, 2.45) is 5.41 Å². The second kappa shape index (κ2) is 3.91. The molecule has 0 aliphatic carbocycles. The zero-order chi connectivity index (χ0) is 9.78. The van der Waals surface area contributed by atoms with Gasteiger partial charge in [-0.2, -0.15) is 5.26 Å². The van der Waals surface area contributed by atoms with E-state index in [0.717, 1.165) is 0 Å². The number of amides is 1. The third-order valence-electron chi connectivity index (χ3n) is 1.27. The van der Waals surface area contributed by atoms with E-state index in [4.69, 9.17) is 5.26 Å². The quantitative estimate of drug-likeness (QED) is 0.601. The van der Waals surface area contributed by atoms with Crippen LogP contribution in [0.15, 0.2) is 11.8 Å². The standard InChI is InChI=1S/C9H14N2O/c1-7(5-6-10)11-8(12)9(2,3)4/h5H,1-4H3,(H,11,12)/b7-5-. The van der Waals surface area contributed by atoms with E-state index in [0.29, 0.717) is 5.70 Å². The summed E-state index contributed by atoms with van der Waals surface area (Å²) < 4.78 is 0. The highest BCUT2D eigenvalue weighted by atomic mass is 16.2. The number of rotatable bonds is 1. The van der Waals surface area contributed by atoms with E-state index >= 15 is 0 Å². The van der Waals surface area contributed by atoms with Crippen molar-refractivity contribution in [3.8, 4) is 6.07 Å². The van der Waals surface area contributed by atoms with Crippen LogP contribution in [0.25, 0.3) is 0 Å². The summed E-state index contributed by atoms with van der Waals surface area (Å²) in [5, 5.41) is 10.9. The fraction of sp³-hybridized carbons (Fsp3) is 0.556. The Morgan fingerprint density at radius 1 is 1.50 bits per heavy atom. The molecule has 0 saturated carbocycles. The normalized spacial score (nSPS) is 12.1. The number of nitrogens with one attached hydrogen (secondary N) is 1. The Labute approximate surface area is 73.1 Å². The zero-order valence-electron chi connectivity index (χ0n) is 7.93. The van der Waals surface area contributed by atoms with Gasteiger partial charge in [0.15, 0.2) is 0 Å². The molecular formula is C9H14N2O. The number of nitrogens with zero attached hydrogens (tertiary/aromatic N) is 1. The lowest BCUT2D eigenvalue weighted by atomic mass is 9.95. The van der Waals surface area contributed by atoms with Crippen LogP contribution in [0, 0.1) is 16.7 Å². The molecule has 0 fully saturated rings. The first-order chi connectivity index (χ1) is 5.38. The summed E-state index contributed by atoms with van der Waals surface area (Å²) in [4.78, 5) is 11.3. The molecule has 0 heterocycles. The molecule has 0 atom stereocenters. The van der Waals surface area contributed by atoms with Crippen molar-refractivity contribution in [3.05, 3.63) is 11.8 Å².